The average Bonchev–Trinajstić information content (AvgIpc) is 1.84. The second-order valence-corrected chi connectivity index (χ2v) is 2.61. The Kier molecular flexibility index (Phi) is 4.19. The van der Waals surface area contributed by atoms with Gasteiger partial charge in [-0.1, -0.05) is 18.5 Å². The molecular formula is C6H13ClO2. The highest BCUT2D eigenvalue weighted by Crippen LogP contribution is 2.14. The maximum absolute atomic E-state index is 9.09. The normalized spacial score (nSPS) is 17.3. The predicted octanol–water partition coefficient (Wildman–Crippen LogP) is 1.36. The first-order valence-corrected chi connectivity index (χ1v) is 3.49. The van der Waals surface area contributed by atoms with Crippen molar-refractivity contribution < 1.29 is 9.84 Å². The van der Waals surface area contributed by atoms with Crippen molar-refractivity contribution in [1.29, 1.82) is 0 Å². The SMILES string of the molecule is CCOCC(O)(Cl)CC. The van der Waals surface area contributed by atoms with Crippen molar-refractivity contribution >= 4 is 11.6 Å². The Balaban J connectivity index is 3.33. The summed E-state index contributed by atoms with van der Waals surface area (Å²) < 4.78 is 4.91. The van der Waals surface area contributed by atoms with Crippen LogP contribution in [0, 0.1) is 0 Å². The molecule has 0 rings (SSSR count). The number of aliphatic hydroxyl groups is 1. The Bertz CT molecular complexity index is 73.5. The van der Waals surface area contributed by atoms with Crippen LogP contribution in [0.2, 0.25) is 0 Å². The van der Waals surface area contributed by atoms with Gasteiger partial charge in [-0.05, 0) is 13.3 Å². The first-order chi connectivity index (χ1) is 4.12. The molecule has 56 valence electrons. The molecule has 0 aliphatic carbocycles. The van der Waals surface area contributed by atoms with E-state index in [1.54, 1.807) is 0 Å². The number of alkyl halides is 1. The van der Waals surface area contributed by atoms with Gasteiger partial charge in [0.2, 0.25) is 0 Å². The Labute approximate surface area is 60.8 Å². The lowest BCUT2D eigenvalue weighted by Gasteiger charge is -2.17. The van der Waals surface area contributed by atoms with Crippen molar-refractivity contribution in [2.75, 3.05) is 13.2 Å². The van der Waals surface area contributed by atoms with Crippen molar-refractivity contribution in [2.24, 2.45) is 0 Å². The fraction of sp³-hybridized carbons (Fsp3) is 1.00. The fourth-order valence-corrected chi connectivity index (χ4v) is 0.438. The predicted molar refractivity (Wildman–Crippen MR) is 37.6 cm³/mol. The third-order valence-corrected chi connectivity index (χ3v) is 1.45. The molecule has 0 heterocycles. The molecule has 0 saturated heterocycles. The van der Waals surface area contributed by atoms with Gasteiger partial charge in [-0.25, -0.2) is 0 Å². The summed E-state index contributed by atoms with van der Waals surface area (Å²) in [5, 5.41) is 7.94. The van der Waals surface area contributed by atoms with E-state index in [1.807, 2.05) is 13.8 Å². The maximum atomic E-state index is 9.09. The van der Waals surface area contributed by atoms with E-state index in [2.05, 4.69) is 0 Å². The van der Waals surface area contributed by atoms with Gasteiger partial charge in [0.05, 0.1) is 6.61 Å². The number of hydrogen-bond donors (Lipinski definition) is 1. The summed E-state index contributed by atoms with van der Waals surface area (Å²) in [7, 11) is 0. The molecule has 0 bridgehead atoms. The molecule has 1 atom stereocenters. The van der Waals surface area contributed by atoms with Crippen LogP contribution in [0.5, 0.6) is 0 Å². The van der Waals surface area contributed by atoms with Gasteiger partial charge in [-0.2, -0.15) is 0 Å². The molecule has 9 heavy (non-hydrogen) atoms. The molecule has 0 radical (unpaired) electrons. The molecule has 0 fully saturated rings. The van der Waals surface area contributed by atoms with E-state index in [9.17, 15) is 0 Å². The lowest BCUT2D eigenvalue weighted by atomic mass is 10.3. The number of ether oxygens (including phenoxy) is 1. The van der Waals surface area contributed by atoms with Crippen LogP contribution in [0.1, 0.15) is 20.3 Å². The van der Waals surface area contributed by atoms with Crippen LogP contribution in [0.15, 0.2) is 0 Å². The summed E-state index contributed by atoms with van der Waals surface area (Å²) in [6.07, 6.45) is 0.508. The van der Waals surface area contributed by atoms with Gasteiger partial charge in [-0.3, -0.25) is 0 Å². The fourth-order valence-electron chi connectivity index (χ4n) is 0.361. The van der Waals surface area contributed by atoms with Crippen molar-refractivity contribution in [3.8, 4) is 0 Å². The van der Waals surface area contributed by atoms with Crippen LogP contribution in [0.4, 0.5) is 0 Å². The smallest absolute Gasteiger partial charge is 0.161 e. The van der Waals surface area contributed by atoms with E-state index >= 15 is 0 Å². The summed E-state index contributed by atoms with van der Waals surface area (Å²) in [6.45, 7) is 4.48. The van der Waals surface area contributed by atoms with Crippen molar-refractivity contribution in [3.05, 3.63) is 0 Å². The Hall–Kier alpha value is 0.210. The van der Waals surface area contributed by atoms with Gasteiger partial charge in [0.15, 0.2) is 5.06 Å². The quantitative estimate of drug-likeness (QED) is 0.617. The standard InChI is InChI=1S/C6H13ClO2/c1-3-6(7,8)5-9-4-2/h8H,3-5H2,1-2H3. The first-order valence-electron chi connectivity index (χ1n) is 3.11. The van der Waals surface area contributed by atoms with Gasteiger partial charge in [0.25, 0.3) is 0 Å². The lowest BCUT2D eigenvalue weighted by Crippen LogP contribution is -2.26. The summed E-state index contributed by atoms with van der Waals surface area (Å²) in [4.78, 5) is 0. The van der Waals surface area contributed by atoms with Crippen LogP contribution >= 0.6 is 11.6 Å². The largest absolute Gasteiger partial charge is 0.377 e. The van der Waals surface area contributed by atoms with Crippen molar-refractivity contribution in [2.45, 2.75) is 25.3 Å². The molecule has 0 aromatic rings. The van der Waals surface area contributed by atoms with E-state index in [4.69, 9.17) is 21.4 Å². The number of halogens is 1. The molecule has 2 nitrogen and oxygen atoms in total. The molecular weight excluding hydrogens is 140 g/mol. The van der Waals surface area contributed by atoms with Gasteiger partial charge >= 0.3 is 0 Å². The Morgan fingerprint density at radius 3 is 2.44 bits per heavy atom. The van der Waals surface area contributed by atoms with Gasteiger partial charge < -0.3 is 9.84 Å². The van der Waals surface area contributed by atoms with Crippen molar-refractivity contribution in [1.82, 2.24) is 0 Å². The molecule has 0 aromatic heterocycles. The third-order valence-electron chi connectivity index (χ3n) is 1.07. The molecule has 3 heteroatoms. The third kappa shape index (κ3) is 4.70. The topological polar surface area (TPSA) is 29.5 Å². The molecule has 0 aromatic carbocycles. The highest BCUT2D eigenvalue weighted by molar-refractivity contribution is 6.22. The minimum absolute atomic E-state index is 0.210. The zero-order valence-electron chi connectivity index (χ0n) is 5.85. The van der Waals surface area contributed by atoms with E-state index in [-0.39, 0.29) is 6.61 Å². The minimum atomic E-state index is -1.16. The first kappa shape index (κ1) is 9.21. The van der Waals surface area contributed by atoms with Crippen LogP contribution in [-0.4, -0.2) is 23.4 Å². The van der Waals surface area contributed by atoms with E-state index in [0.29, 0.717) is 13.0 Å². The van der Waals surface area contributed by atoms with Crippen LogP contribution in [0.3, 0.4) is 0 Å². The highest BCUT2D eigenvalue weighted by atomic mass is 35.5. The average molecular weight is 153 g/mol. The lowest BCUT2D eigenvalue weighted by molar-refractivity contribution is 0.0125. The number of rotatable bonds is 4. The molecule has 1 unspecified atom stereocenters. The monoisotopic (exact) mass is 152 g/mol. The van der Waals surface area contributed by atoms with E-state index in [0.717, 1.165) is 0 Å². The summed E-state index contributed by atoms with van der Waals surface area (Å²) >= 11 is 5.53. The minimum Gasteiger partial charge on any atom is -0.377 e. The van der Waals surface area contributed by atoms with Gasteiger partial charge in [0.1, 0.15) is 0 Å². The molecule has 0 amide bonds. The second kappa shape index (κ2) is 4.09. The maximum Gasteiger partial charge on any atom is 0.161 e. The molecule has 0 saturated carbocycles. The molecule has 0 aliphatic heterocycles. The van der Waals surface area contributed by atoms with Crippen LogP contribution in [-0.2, 0) is 4.74 Å². The van der Waals surface area contributed by atoms with Gasteiger partial charge in [-0.15, -0.1) is 0 Å². The zero-order chi connectivity index (χ0) is 7.33. The Morgan fingerprint density at radius 2 is 2.11 bits per heavy atom. The van der Waals surface area contributed by atoms with Gasteiger partial charge in [0, 0.05) is 6.61 Å². The summed E-state index contributed by atoms with van der Waals surface area (Å²) in [6, 6.07) is 0. The van der Waals surface area contributed by atoms with Crippen LogP contribution < -0.4 is 0 Å². The zero-order valence-corrected chi connectivity index (χ0v) is 6.61. The van der Waals surface area contributed by atoms with E-state index in [1.165, 1.54) is 0 Å². The summed E-state index contributed by atoms with van der Waals surface area (Å²) in [5.74, 6) is 0. The Morgan fingerprint density at radius 1 is 1.56 bits per heavy atom. The highest BCUT2D eigenvalue weighted by Gasteiger charge is 2.19. The molecule has 1 N–H and O–H groups in total. The molecule has 0 spiro atoms. The van der Waals surface area contributed by atoms with Crippen LogP contribution in [0.25, 0.3) is 0 Å². The van der Waals surface area contributed by atoms with E-state index < -0.39 is 5.06 Å². The van der Waals surface area contributed by atoms with Crippen molar-refractivity contribution in [3.63, 3.8) is 0 Å². The number of hydrogen-bond acceptors (Lipinski definition) is 2. The molecule has 0 aliphatic rings. The second-order valence-electron chi connectivity index (χ2n) is 1.91. The summed E-state index contributed by atoms with van der Waals surface area (Å²) in [5.41, 5.74) is 0.